The Kier molecular flexibility index (Phi) is 5.53. The zero-order valence-electron chi connectivity index (χ0n) is 13.8. The number of halogens is 2. The van der Waals surface area contributed by atoms with Gasteiger partial charge >= 0.3 is 5.69 Å². The van der Waals surface area contributed by atoms with Crippen LogP contribution in [0.1, 0.15) is 30.7 Å². The van der Waals surface area contributed by atoms with Crippen LogP contribution in [0.15, 0.2) is 23.0 Å². The SMILES string of the molecule is O=C(Cc1c(F)cccc1Cl)NCCCn1nc2n(c1=O)CCCC2. The number of aryl methyl sites for hydroxylation is 2. The first kappa shape index (κ1) is 17.7. The van der Waals surface area contributed by atoms with E-state index < -0.39 is 5.82 Å². The lowest BCUT2D eigenvalue weighted by molar-refractivity contribution is -0.120. The van der Waals surface area contributed by atoms with Crippen LogP contribution in [-0.4, -0.2) is 26.8 Å². The van der Waals surface area contributed by atoms with E-state index in [2.05, 4.69) is 10.4 Å². The number of hydrogen-bond donors (Lipinski definition) is 1. The quantitative estimate of drug-likeness (QED) is 0.794. The maximum atomic E-state index is 13.7. The minimum atomic E-state index is -0.488. The third-order valence-electron chi connectivity index (χ3n) is 4.30. The Morgan fingerprint density at radius 1 is 1.36 bits per heavy atom. The lowest BCUT2D eigenvalue weighted by atomic mass is 10.1. The Morgan fingerprint density at radius 2 is 2.20 bits per heavy atom. The Morgan fingerprint density at radius 3 is 2.96 bits per heavy atom. The molecule has 1 aromatic carbocycles. The van der Waals surface area contributed by atoms with Crippen molar-refractivity contribution in [2.45, 2.75) is 45.2 Å². The number of amides is 1. The number of hydrogen-bond acceptors (Lipinski definition) is 3. The van der Waals surface area contributed by atoms with E-state index in [1.807, 2.05) is 0 Å². The number of benzene rings is 1. The van der Waals surface area contributed by atoms with E-state index in [0.29, 0.717) is 19.5 Å². The number of carbonyl (C=O) groups excluding carboxylic acids is 1. The largest absolute Gasteiger partial charge is 0.356 e. The van der Waals surface area contributed by atoms with Gasteiger partial charge in [-0.3, -0.25) is 9.36 Å². The van der Waals surface area contributed by atoms with Crippen molar-refractivity contribution in [3.63, 3.8) is 0 Å². The molecule has 1 amide bonds. The van der Waals surface area contributed by atoms with E-state index in [1.54, 1.807) is 10.6 Å². The first-order chi connectivity index (χ1) is 12.1. The number of rotatable bonds is 6. The van der Waals surface area contributed by atoms with Gasteiger partial charge in [-0.1, -0.05) is 17.7 Å². The van der Waals surface area contributed by atoms with Gasteiger partial charge in [0.2, 0.25) is 5.91 Å². The van der Waals surface area contributed by atoms with Crippen LogP contribution in [0.2, 0.25) is 5.02 Å². The average molecular weight is 367 g/mol. The molecule has 8 heteroatoms. The fraction of sp³-hybridized carbons (Fsp3) is 0.471. The molecule has 0 aliphatic carbocycles. The van der Waals surface area contributed by atoms with Gasteiger partial charge in [0.15, 0.2) is 0 Å². The van der Waals surface area contributed by atoms with Crippen LogP contribution in [0.3, 0.4) is 0 Å². The van der Waals surface area contributed by atoms with Crippen LogP contribution in [0.25, 0.3) is 0 Å². The lowest BCUT2D eigenvalue weighted by Crippen LogP contribution is -2.30. The second-order valence-electron chi connectivity index (χ2n) is 6.11. The summed E-state index contributed by atoms with van der Waals surface area (Å²) >= 11 is 5.91. The van der Waals surface area contributed by atoms with Gasteiger partial charge in [-0.25, -0.2) is 13.9 Å². The normalized spacial score (nSPS) is 13.5. The first-order valence-corrected chi connectivity index (χ1v) is 8.80. The van der Waals surface area contributed by atoms with Crippen molar-refractivity contribution in [1.82, 2.24) is 19.7 Å². The van der Waals surface area contributed by atoms with Crippen molar-refractivity contribution < 1.29 is 9.18 Å². The van der Waals surface area contributed by atoms with Crippen molar-refractivity contribution in [2.75, 3.05) is 6.54 Å². The molecule has 6 nitrogen and oxygen atoms in total. The van der Waals surface area contributed by atoms with E-state index in [4.69, 9.17) is 11.6 Å². The van der Waals surface area contributed by atoms with Gasteiger partial charge in [0, 0.05) is 36.6 Å². The Bertz CT molecular complexity index is 810. The fourth-order valence-electron chi connectivity index (χ4n) is 2.98. The molecule has 0 atom stereocenters. The topological polar surface area (TPSA) is 68.9 Å². The Hall–Kier alpha value is -2.15. The minimum Gasteiger partial charge on any atom is -0.356 e. The van der Waals surface area contributed by atoms with Crippen LogP contribution >= 0.6 is 11.6 Å². The van der Waals surface area contributed by atoms with Crippen molar-refractivity contribution in [3.05, 3.63) is 50.9 Å². The van der Waals surface area contributed by atoms with Gasteiger partial charge in [-0.05, 0) is 31.4 Å². The maximum Gasteiger partial charge on any atom is 0.345 e. The lowest BCUT2D eigenvalue weighted by Gasteiger charge is -2.09. The van der Waals surface area contributed by atoms with Crippen LogP contribution in [0.5, 0.6) is 0 Å². The molecule has 3 rings (SSSR count). The van der Waals surface area contributed by atoms with Crippen LogP contribution in [0.4, 0.5) is 4.39 Å². The van der Waals surface area contributed by atoms with Crippen molar-refractivity contribution in [1.29, 1.82) is 0 Å². The van der Waals surface area contributed by atoms with E-state index in [1.165, 1.54) is 16.8 Å². The summed E-state index contributed by atoms with van der Waals surface area (Å²) in [6.45, 7) is 1.56. The van der Waals surface area contributed by atoms with Crippen molar-refractivity contribution >= 4 is 17.5 Å². The van der Waals surface area contributed by atoms with Gasteiger partial charge in [-0.15, -0.1) is 0 Å². The van der Waals surface area contributed by atoms with E-state index in [0.717, 1.165) is 31.6 Å². The molecular weight excluding hydrogens is 347 g/mol. The first-order valence-electron chi connectivity index (χ1n) is 8.42. The number of nitrogens with zero attached hydrogens (tertiary/aromatic N) is 3. The molecule has 1 aliphatic rings. The number of carbonyl (C=O) groups is 1. The van der Waals surface area contributed by atoms with Gasteiger partial charge < -0.3 is 5.32 Å². The Balaban J connectivity index is 1.48. The summed E-state index contributed by atoms with van der Waals surface area (Å²) in [5.74, 6) is 0.0516. The summed E-state index contributed by atoms with van der Waals surface area (Å²) in [5.41, 5.74) is 0.110. The molecule has 1 aliphatic heterocycles. The summed E-state index contributed by atoms with van der Waals surface area (Å²) in [6, 6.07) is 4.34. The van der Waals surface area contributed by atoms with Gasteiger partial charge in [0.25, 0.3) is 0 Å². The molecule has 1 aromatic heterocycles. The standard InChI is InChI=1S/C17H20ClFN4O2/c18-13-5-3-6-14(19)12(13)11-16(24)20-8-4-10-23-17(25)22-9-2-1-7-15(22)21-23/h3,5-6H,1-2,4,7-11H2,(H,20,24). The molecular formula is C17H20ClFN4O2. The van der Waals surface area contributed by atoms with Gasteiger partial charge in [0.1, 0.15) is 11.6 Å². The summed E-state index contributed by atoms with van der Waals surface area (Å²) in [7, 11) is 0. The predicted octanol–water partition coefficient (Wildman–Crippen LogP) is 1.92. The van der Waals surface area contributed by atoms with Crippen LogP contribution in [0, 0.1) is 5.82 Å². The third kappa shape index (κ3) is 4.10. The second kappa shape index (κ2) is 7.82. The average Bonchev–Trinajstić information content (AvgIpc) is 2.92. The number of fused-ring (bicyclic) bond motifs is 1. The predicted molar refractivity (Wildman–Crippen MR) is 92.2 cm³/mol. The smallest absolute Gasteiger partial charge is 0.345 e. The fourth-order valence-corrected chi connectivity index (χ4v) is 3.20. The maximum absolute atomic E-state index is 13.7. The van der Waals surface area contributed by atoms with E-state index >= 15 is 0 Å². The number of nitrogens with one attached hydrogen (secondary N) is 1. The van der Waals surface area contributed by atoms with Gasteiger partial charge in [0.05, 0.1) is 6.42 Å². The molecule has 0 radical (unpaired) electrons. The molecule has 0 saturated heterocycles. The summed E-state index contributed by atoms with van der Waals surface area (Å²) in [5, 5.41) is 7.31. The highest BCUT2D eigenvalue weighted by Crippen LogP contribution is 2.19. The molecule has 0 fully saturated rings. The third-order valence-corrected chi connectivity index (χ3v) is 4.65. The van der Waals surface area contributed by atoms with Crippen molar-refractivity contribution in [2.24, 2.45) is 0 Å². The minimum absolute atomic E-state index is 0.0841. The molecule has 0 saturated carbocycles. The summed E-state index contributed by atoms with van der Waals surface area (Å²) in [4.78, 5) is 24.1. The molecule has 2 aromatic rings. The molecule has 1 N–H and O–H groups in total. The molecule has 25 heavy (non-hydrogen) atoms. The van der Waals surface area contributed by atoms with Gasteiger partial charge in [-0.2, -0.15) is 5.10 Å². The molecule has 134 valence electrons. The highest BCUT2D eigenvalue weighted by atomic mass is 35.5. The molecule has 2 heterocycles. The second-order valence-corrected chi connectivity index (χ2v) is 6.52. The molecule has 0 bridgehead atoms. The van der Waals surface area contributed by atoms with E-state index in [-0.39, 0.29) is 28.6 Å². The van der Waals surface area contributed by atoms with Crippen LogP contribution < -0.4 is 11.0 Å². The highest BCUT2D eigenvalue weighted by molar-refractivity contribution is 6.31. The van der Waals surface area contributed by atoms with Crippen molar-refractivity contribution in [3.8, 4) is 0 Å². The Labute approximate surface area is 149 Å². The summed E-state index contributed by atoms with van der Waals surface area (Å²) < 4.78 is 16.8. The van der Waals surface area contributed by atoms with Crippen LogP contribution in [-0.2, 0) is 30.7 Å². The van der Waals surface area contributed by atoms with E-state index in [9.17, 15) is 14.0 Å². The molecule has 0 spiro atoms. The zero-order valence-corrected chi connectivity index (χ0v) is 14.6. The summed E-state index contributed by atoms with van der Waals surface area (Å²) in [6.07, 6.45) is 3.37. The zero-order chi connectivity index (χ0) is 17.8. The highest BCUT2D eigenvalue weighted by Gasteiger charge is 2.16. The molecule has 0 unspecified atom stereocenters. The number of aromatic nitrogens is 3. The monoisotopic (exact) mass is 366 g/mol.